The van der Waals surface area contributed by atoms with Crippen LogP contribution >= 0.6 is 0 Å². The summed E-state index contributed by atoms with van der Waals surface area (Å²) in [5.74, 6) is 0.977. The topological polar surface area (TPSA) is 42.2 Å². The summed E-state index contributed by atoms with van der Waals surface area (Å²) in [6.07, 6.45) is 8.48. The van der Waals surface area contributed by atoms with Crippen LogP contribution in [0, 0.1) is 11.3 Å². The Labute approximate surface area is 120 Å². The monoisotopic (exact) mass is 271 g/mol. The molecule has 0 saturated heterocycles. The Morgan fingerprint density at radius 1 is 1.15 bits per heavy atom. The van der Waals surface area contributed by atoms with Crippen molar-refractivity contribution in [3.05, 3.63) is 28.8 Å². The number of nitrogens with zero attached hydrogens (tertiary/aromatic N) is 1. The van der Waals surface area contributed by atoms with Crippen molar-refractivity contribution in [2.24, 2.45) is 0 Å². The van der Waals surface area contributed by atoms with Crippen LogP contribution in [-0.2, 0) is 11.2 Å². The average Bonchev–Trinajstić information content (AvgIpc) is 2.93. The number of rotatable bonds is 3. The number of hydrogen-bond acceptors (Lipinski definition) is 3. The molecule has 0 unspecified atom stereocenters. The van der Waals surface area contributed by atoms with Crippen LogP contribution in [0.4, 0.5) is 0 Å². The summed E-state index contributed by atoms with van der Waals surface area (Å²) < 4.78 is 11.7. The quantitative estimate of drug-likeness (QED) is 0.837. The molecule has 3 rings (SSSR count). The third-order valence-electron chi connectivity index (χ3n) is 4.54. The molecule has 2 aliphatic carbocycles. The van der Waals surface area contributed by atoms with Crippen LogP contribution < -0.4 is 4.74 Å². The fourth-order valence-corrected chi connectivity index (χ4v) is 3.50. The third-order valence-corrected chi connectivity index (χ3v) is 4.54. The van der Waals surface area contributed by atoms with Crippen molar-refractivity contribution in [2.45, 2.75) is 57.2 Å². The van der Waals surface area contributed by atoms with Gasteiger partial charge in [-0.05, 0) is 50.7 Å². The van der Waals surface area contributed by atoms with E-state index in [1.165, 1.54) is 24.8 Å². The highest BCUT2D eigenvalue weighted by molar-refractivity contribution is 5.53. The minimum Gasteiger partial charge on any atom is -0.490 e. The number of nitriles is 1. The minimum atomic E-state index is 0.0505. The Hall–Kier alpha value is -1.53. The van der Waals surface area contributed by atoms with Crippen LogP contribution in [0.15, 0.2) is 12.1 Å². The second-order valence-corrected chi connectivity index (χ2v) is 5.76. The molecule has 20 heavy (non-hydrogen) atoms. The number of ether oxygens (including phenoxy) is 2. The summed E-state index contributed by atoms with van der Waals surface area (Å²) in [5.41, 5.74) is 2.99. The predicted octanol–water partition coefficient (Wildman–Crippen LogP) is 3.90. The van der Waals surface area contributed by atoms with E-state index in [0.717, 1.165) is 42.6 Å². The Kier molecular flexibility index (Phi) is 3.93. The van der Waals surface area contributed by atoms with Crippen molar-refractivity contribution in [1.82, 2.24) is 0 Å². The normalized spacial score (nSPS) is 22.3. The van der Waals surface area contributed by atoms with Gasteiger partial charge in [0, 0.05) is 18.2 Å². The zero-order valence-electron chi connectivity index (χ0n) is 12.0. The zero-order chi connectivity index (χ0) is 13.9. The number of benzene rings is 1. The molecule has 0 spiro atoms. The van der Waals surface area contributed by atoms with E-state index in [1.54, 1.807) is 7.11 Å². The molecule has 0 amide bonds. The van der Waals surface area contributed by atoms with Gasteiger partial charge < -0.3 is 9.47 Å². The standard InChI is InChI=1S/C17H21NO2/c1-19-16-10-8-14-15(9-7-12(11-18)17(14)16)20-13-5-3-2-4-6-13/h7,9,13,16H,2-6,8,10H2,1H3/t16-/m1/s1. The highest BCUT2D eigenvalue weighted by Gasteiger charge is 2.29. The number of methoxy groups -OCH3 is 1. The van der Waals surface area contributed by atoms with E-state index < -0.39 is 0 Å². The van der Waals surface area contributed by atoms with E-state index in [9.17, 15) is 5.26 Å². The summed E-state index contributed by atoms with van der Waals surface area (Å²) in [4.78, 5) is 0. The lowest BCUT2D eigenvalue weighted by Crippen LogP contribution is -2.20. The Balaban J connectivity index is 1.89. The third kappa shape index (κ3) is 2.41. The van der Waals surface area contributed by atoms with E-state index in [1.807, 2.05) is 12.1 Å². The minimum absolute atomic E-state index is 0.0505. The fraction of sp³-hybridized carbons (Fsp3) is 0.588. The molecule has 0 heterocycles. The van der Waals surface area contributed by atoms with Gasteiger partial charge in [0.25, 0.3) is 0 Å². The van der Waals surface area contributed by atoms with Crippen LogP contribution in [-0.4, -0.2) is 13.2 Å². The fourth-order valence-electron chi connectivity index (χ4n) is 3.50. The van der Waals surface area contributed by atoms with Crippen molar-refractivity contribution >= 4 is 0 Å². The molecule has 106 valence electrons. The average molecular weight is 271 g/mol. The molecule has 1 aromatic carbocycles. The number of hydrogen-bond donors (Lipinski definition) is 0. The van der Waals surface area contributed by atoms with E-state index in [2.05, 4.69) is 6.07 Å². The lowest BCUT2D eigenvalue weighted by atomic mass is 9.97. The molecule has 0 aromatic heterocycles. The van der Waals surface area contributed by atoms with Gasteiger partial charge in [0.2, 0.25) is 0 Å². The van der Waals surface area contributed by atoms with Gasteiger partial charge in [-0.25, -0.2) is 0 Å². The smallest absolute Gasteiger partial charge is 0.123 e. The largest absolute Gasteiger partial charge is 0.490 e. The predicted molar refractivity (Wildman–Crippen MR) is 76.7 cm³/mol. The van der Waals surface area contributed by atoms with Gasteiger partial charge >= 0.3 is 0 Å². The summed E-state index contributed by atoms with van der Waals surface area (Å²) in [5, 5.41) is 9.28. The van der Waals surface area contributed by atoms with Crippen molar-refractivity contribution in [1.29, 1.82) is 5.26 Å². The first kappa shape index (κ1) is 13.5. The first-order valence-corrected chi connectivity index (χ1v) is 7.59. The van der Waals surface area contributed by atoms with Crippen molar-refractivity contribution < 1.29 is 9.47 Å². The van der Waals surface area contributed by atoms with Gasteiger partial charge in [0.05, 0.1) is 23.8 Å². The van der Waals surface area contributed by atoms with Crippen LogP contribution in [0.25, 0.3) is 0 Å². The second kappa shape index (κ2) is 5.85. The Morgan fingerprint density at radius 2 is 1.95 bits per heavy atom. The van der Waals surface area contributed by atoms with E-state index >= 15 is 0 Å². The summed E-state index contributed by atoms with van der Waals surface area (Å²) >= 11 is 0. The number of fused-ring (bicyclic) bond motifs is 1. The molecule has 1 atom stereocenters. The SMILES string of the molecule is CO[C@@H]1CCc2c(OC3CCCCC3)ccc(C#N)c21. The first-order chi connectivity index (χ1) is 9.83. The van der Waals surface area contributed by atoms with Gasteiger partial charge in [-0.3, -0.25) is 0 Å². The Morgan fingerprint density at radius 3 is 2.65 bits per heavy atom. The van der Waals surface area contributed by atoms with E-state index in [4.69, 9.17) is 9.47 Å². The van der Waals surface area contributed by atoms with E-state index in [0.29, 0.717) is 6.10 Å². The molecular formula is C17H21NO2. The first-order valence-electron chi connectivity index (χ1n) is 7.59. The van der Waals surface area contributed by atoms with Gasteiger partial charge in [-0.1, -0.05) is 6.42 Å². The van der Waals surface area contributed by atoms with Crippen LogP contribution in [0.2, 0.25) is 0 Å². The lowest BCUT2D eigenvalue weighted by Gasteiger charge is -2.24. The maximum absolute atomic E-state index is 9.28. The van der Waals surface area contributed by atoms with Gasteiger partial charge in [0.15, 0.2) is 0 Å². The van der Waals surface area contributed by atoms with Gasteiger partial charge in [-0.2, -0.15) is 5.26 Å². The van der Waals surface area contributed by atoms with Crippen molar-refractivity contribution in [3.8, 4) is 11.8 Å². The van der Waals surface area contributed by atoms with Gasteiger partial charge in [0.1, 0.15) is 5.75 Å². The summed E-state index contributed by atoms with van der Waals surface area (Å²) in [6.45, 7) is 0. The molecule has 2 aliphatic rings. The Bertz CT molecular complexity index is 527. The maximum Gasteiger partial charge on any atom is 0.123 e. The van der Waals surface area contributed by atoms with E-state index in [-0.39, 0.29) is 6.10 Å². The highest BCUT2D eigenvalue weighted by Crippen LogP contribution is 2.41. The summed E-state index contributed by atoms with van der Waals surface area (Å²) in [7, 11) is 1.72. The van der Waals surface area contributed by atoms with Crippen LogP contribution in [0.1, 0.15) is 61.3 Å². The van der Waals surface area contributed by atoms with Crippen molar-refractivity contribution in [2.75, 3.05) is 7.11 Å². The van der Waals surface area contributed by atoms with Crippen LogP contribution in [0.5, 0.6) is 5.75 Å². The molecule has 3 nitrogen and oxygen atoms in total. The molecule has 0 radical (unpaired) electrons. The summed E-state index contributed by atoms with van der Waals surface area (Å²) in [6, 6.07) is 6.15. The molecule has 1 saturated carbocycles. The maximum atomic E-state index is 9.28. The zero-order valence-corrected chi connectivity index (χ0v) is 12.0. The van der Waals surface area contributed by atoms with Crippen molar-refractivity contribution in [3.63, 3.8) is 0 Å². The molecule has 1 fully saturated rings. The molecule has 1 aromatic rings. The van der Waals surface area contributed by atoms with Crippen LogP contribution in [0.3, 0.4) is 0 Å². The second-order valence-electron chi connectivity index (χ2n) is 5.76. The molecular weight excluding hydrogens is 250 g/mol. The van der Waals surface area contributed by atoms with Gasteiger partial charge in [-0.15, -0.1) is 0 Å². The molecule has 0 N–H and O–H groups in total. The molecule has 0 aliphatic heterocycles. The molecule has 3 heteroatoms. The highest BCUT2D eigenvalue weighted by atomic mass is 16.5. The molecule has 0 bridgehead atoms. The lowest BCUT2D eigenvalue weighted by molar-refractivity contribution is 0.105.